The number of nitrogens with zero attached hydrogens (tertiary/aromatic N) is 1. The van der Waals surface area contributed by atoms with Crippen molar-refractivity contribution in [2.75, 3.05) is 5.43 Å². The third-order valence-electron chi connectivity index (χ3n) is 2.40. The molecule has 1 aromatic heterocycles. The average Bonchev–Trinajstić information content (AvgIpc) is 2.39. The van der Waals surface area contributed by atoms with Crippen LogP contribution in [0.1, 0.15) is 11.1 Å². The Kier molecular flexibility index (Phi) is 4.69. The SMILES string of the molecule is NNc1cc(COCc2cccc(Br)c2)ccn1. The molecular weight excluding hydrogens is 294 g/mol. The topological polar surface area (TPSA) is 60.2 Å². The van der Waals surface area contributed by atoms with E-state index in [-0.39, 0.29) is 0 Å². The van der Waals surface area contributed by atoms with Crippen LogP contribution in [-0.4, -0.2) is 4.98 Å². The van der Waals surface area contributed by atoms with Crippen LogP contribution in [0, 0.1) is 0 Å². The van der Waals surface area contributed by atoms with E-state index >= 15 is 0 Å². The number of rotatable bonds is 5. The molecule has 5 heteroatoms. The lowest BCUT2D eigenvalue weighted by molar-refractivity contribution is 0.107. The summed E-state index contributed by atoms with van der Waals surface area (Å²) in [4.78, 5) is 4.04. The van der Waals surface area contributed by atoms with E-state index in [1.807, 2.05) is 36.4 Å². The monoisotopic (exact) mass is 307 g/mol. The van der Waals surface area contributed by atoms with Gasteiger partial charge in [0.2, 0.25) is 0 Å². The van der Waals surface area contributed by atoms with Crippen LogP contribution in [0.25, 0.3) is 0 Å². The molecule has 0 bridgehead atoms. The van der Waals surface area contributed by atoms with Crippen molar-refractivity contribution >= 4 is 21.7 Å². The van der Waals surface area contributed by atoms with Crippen molar-refractivity contribution in [3.05, 3.63) is 58.2 Å². The lowest BCUT2D eigenvalue weighted by Gasteiger charge is -2.06. The van der Waals surface area contributed by atoms with Gasteiger partial charge in [-0.1, -0.05) is 28.1 Å². The van der Waals surface area contributed by atoms with E-state index in [4.69, 9.17) is 10.6 Å². The second kappa shape index (κ2) is 6.49. The number of pyridine rings is 1. The molecule has 1 heterocycles. The molecule has 0 radical (unpaired) electrons. The summed E-state index contributed by atoms with van der Waals surface area (Å²) in [6.07, 6.45) is 1.70. The highest BCUT2D eigenvalue weighted by molar-refractivity contribution is 9.10. The molecule has 0 aliphatic carbocycles. The number of nitrogens with two attached hydrogens (primary N) is 1. The minimum Gasteiger partial charge on any atom is -0.372 e. The molecular formula is C13H14BrN3O. The molecule has 1 aromatic carbocycles. The summed E-state index contributed by atoms with van der Waals surface area (Å²) in [5.41, 5.74) is 4.68. The fourth-order valence-corrected chi connectivity index (χ4v) is 2.00. The van der Waals surface area contributed by atoms with Crippen LogP contribution < -0.4 is 11.3 Å². The molecule has 0 aliphatic heterocycles. The van der Waals surface area contributed by atoms with Gasteiger partial charge in [0, 0.05) is 10.7 Å². The number of hydrogen-bond acceptors (Lipinski definition) is 4. The van der Waals surface area contributed by atoms with Crippen molar-refractivity contribution in [1.29, 1.82) is 0 Å². The van der Waals surface area contributed by atoms with E-state index in [2.05, 4.69) is 26.3 Å². The fourth-order valence-electron chi connectivity index (χ4n) is 1.56. The molecule has 0 saturated carbocycles. The maximum absolute atomic E-state index is 5.64. The van der Waals surface area contributed by atoms with Crippen LogP contribution in [0.4, 0.5) is 5.82 Å². The lowest BCUT2D eigenvalue weighted by Crippen LogP contribution is -2.08. The predicted octanol–water partition coefficient (Wildman–Crippen LogP) is 2.85. The Bertz CT molecular complexity index is 519. The van der Waals surface area contributed by atoms with E-state index < -0.39 is 0 Å². The lowest BCUT2D eigenvalue weighted by atomic mass is 10.2. The summed E-state index contributed by atoms with van der Waals surface area (Å²) in [6, 6.07) is 11.8. The molecule has 94 valence electrons. The maximum atomic E-state index is 5.64. The second-order valence-electron chi connectivity index (χ2n) is 3.82. The summed E-state index contributed by atoms with van der Waals surface area (Å²) in [6.45, 7) is 1.11. The Morgan fingerprint density at radius 3 is 2.67 bits per heavy atom. The molecule has 0 atom stereocenters. The Balaban J connectivity index is 1.88. The molecule has 0 fully saturated rings. The van der Waals surface area contributed by atoms with Crippen LogP contribution >= 0.6 is 15.9 Å². The number of nitrogen functional groups attached to an aromatic ring is 1. The fraction of sp³-hybridized carbons (Fsp3) is 0.154. The largest absolute Gasteiger partial charge is 0.372 e. The van der Waals surface area contributed by atoms with Gasteiger partial charge in [-0.3, -0.25) is 0 Å². The van der Waals surface area contributed by atoms with Crippen molar-refractivity contribution < 1.29 is 4.74 Å². The number of nitrogens with one attached hydrogen (secondary N) is 1. The van der Waals surface area contributed by atoms with Gasteiger partial charge < -0.3 is 10.2 Å². The van der Waals surface area contributed by atoms with Gasteiger partial charge in [0.15, 0.2) is 0 Å². The standard InChI is InChI=1S/C13H14BrN3O/c14-12-3-1-2-10(6-12)8-18-9-11-4-5-16-13(7-11)17-15/h1-7H,8-9,15H2,(H,16,17). The van der Waals surface area contributed by atoms with Gasteiger partial charge in [-0.2, -0.15) is 0 Å². The Hall–Kier alpha value is -1.43. The highest BCUT2D eigenvalue weighted by Crippen LogP contribution is 2.13. The second-order valence-corrected chi connectivity index (χ2v) is 4.73. The molecule has 0 saturated heterocycles. The third kappa shape index (κ3) is 3.80. The first-order valence-electron chi connectivity index (χ1n) is 5.51. The van der Waals surface area contributed by atoms with Gasteiger partial charge in [0.05, 0.1) is 13.2 Å². The predicted molar refractivity (Wildman–Crippen MR) is 74.7 cm³/mol. The number of hydrogen-bond donors (Lipinski definition) is 2. The van der Waals surface area contributed by atoms with Gasteiger partial charge in [-0.05, 0) is 35.4 Å². The minimum absolute atomic E-state index is 0.531. The van der Waals surface area contributed by atoms with Crippen molar-refractivity contribution in [2.45, 2.75) is 13.2 Å². The van der Waals surface area contributed by atoms with Crippen LogP contribution in [0.5, 0.6) is 0 Å². The zero-order chi connectivity index (χ0) is 12.8. The number of ether oxygens (including phenoxy) is 1. The van der Waals surface area contributed by atoms with Gasteiger partial charge in [0.1, 0.15) is 5.82 Å². The Morgan fingerprint density at radius 1 is 1.17 bits per heavy atom. The first-order chi connectivity index (χ1) is 8.78. The third-order valence-corrected chi connectivity index (χ3v) is 2.89. The summed E-state index contributed by atoms with van der Waals surface area (Å²) in [5.74, 6) is 5.93. The van der Waals surface area contributed by atoms with Gasteiger partial charge >= 0.3 is 0 Å². The smallest absolute Gasteiger partial charge is 0.140 e. The average molecular weight is 308 g/mol. The molecule has 0 spiro atoms. The van der Waals surface area contributed by atoms with Crippen LogP contribution in [0.3, 0.4) is 0 Å². The molecule has 2 rings (SSSR count). The number of benzene rings is 1. The minimum atomic E-state index is 0.531. The first kappa shape index (κ1) is 13.0. The molecule has 2 aromatic rings. The summed E-state index contributed by atoms with van der Waals surface area (Å²) in [5, 5.41) is 0. The van der Waals surface area contributed by atoms with Crippen molar-refractivity contribution in [2.24, 2.45) is 5.84 Å². The van der Waals surface area contributed by atoms with E-state index in [0.717, 1.165) is 15.6 Å². The Labute approximate surface area is 114 Å². The van der Waals surface area contributed by atoms with Crippen molar-refractivity contribution in [1.82, 2.24) is 4.98 Å². The number of hydrazine groups is 1. The van der Waals surface area contributed by atoms with Crippen molar-refractivity contribution in [3.63, 3.8) is 0 Å². The van der Waals surface area contributed by atoms with Crippen LogP contribution in [0.2, 0.25) is 0 Å². The van der Waals surface area contributed by atoms with Gasteiger partial charge in [-0.25, -0.2) is 10.8 Å². The van der Waals surface area contributed by atoms with Crippen LogP contribution in [-0.2, 0) is 18.0 Å². The summed E-state index contributed by atoms with van der Waals surface area (Å²) < 4.78 is 6.70. The zero-order valence-electron chi connectivity index (χ0n) is 9.77. The van der Waals surface area contributed by atoms with E-state index in [9.17, 15) is 0 Å². The molecule has 4 nitrogen and oxygen atoms in total. The molecule has 3 N–H and O–H groups in total. The van der Waals surface area contributed by atoms with Crippen LogP contribution in [0.15, 0.2) is 47.1 Å². The number of anilines is 1. The van der Waals surface area contributed by atoms with Gasteiger partial charge in [-0.15, -0.1) is 0 Å². The summed E-state index contributed by atoms with van der Waals surface area (Å²) >= 11 is 3.43. The highest BCUT2D eigenvalue weighted by atomic mass is 79.9. The first-order valence-corrected chi connectivity index (χ1v) is 6.31. The van der Waals surface area contributed by atoms with Crippen molar-refractivity contribution in [3.8, 4) is 0 Å². The molecule has 0 aliphatic rings. The number of halogens is 1. The normalized spacial score (nSPS) is 10.3. The van der Waals surface area contributed by atoms with E-state index in [0.29, 0.717) is 19.0 Å². The summed E-state index contributed by atoms with van der Waals surface area (Å²) in [7, 11) is 0. The zero-order valence-corrected chi connectivity index (χ0v) is 11.4. The maximum Gasteiger partial charge on any atom is 0.140 e. The molecule has 0 unspecified atom stereocenters. The quantitative estimate of drug-likeness (QED) is 0.659. The number of aromatic nitrogens is 1. The molecule has 18 heavy (non-hydrogen) atoms. The highest BCUT2D eigenvalue weighted by Gasteiger charge is 1.98. The Morgan fingerprint density at radius 2 is 1.94 bits per heavy atom. The van der Waals surface area contributed by atoms with Gasteiger partial charge in [0.25, 0.3) is 0 Å². The van der Waals surface area contributed by atoms with E-state index in [1.54, 1.807) is 6.20 Å². The van der Waals surface area contributed by atoms with E-state index in [1.165, 1.54) is 0 Å². The molecule has 0 amide bonds.